The van der Waals surface area contributed by atoms with Crippen molar-refractivity contribution in [2.45, 2.75) is 77.7 Å². The van der Waals surface area contributed by atoms with Gasteiger partial charge in [-0.2, -0.15) is 0 Å². The van der Waals surface area contributed by atoms with Crippen LogP contribution in [-0.2, 0) is 22.5 Å². The van der Waals surface area contributed by atoms with Gasteiger partial charge in [0.15, 0.2) is 0 Å². The first-order chi connectivity index (χ1) is 16.5. The van der Waals surface area contributed by atoms with E-state index in [2.05, 4.69) is 63.5 Å². The molecule has 0 saturated carbocycles. The monoisotopic (exact) mass is 468 g/mol. The minimum Gasteiger partial charge on any atom is -0.493 e. The molecule has 0 aliphatic rings. The average Bonchev–Trinajstić information content (AvgIpc) is 2.83. The van der Waals surface area contributed by atoms with Crippen LogP contribution in [0.3, 0.4) is 0 Å². The first kappa shape index (κ1) is 27.9. The lowest BCUT2D eigenvalue weighted by atomic mass is 10.0. The number of benzene rings is 2. The zero-order valence-corrected chi connectivity index (χ0v) is 21.8. The predicted octanol–water partition coefficient (Wildman–Crippen LogP) is 6.96. The van der Waals surface area contributed by atoms with Gasteiger partial charge in [0.1, 0.15) is 12.3 Å². The number of hydrogen-bond donors (Lipinski definition) is 0. The van der Waals surface area contributed by atoms with Crippen molar-refractivity contribution in [1.82, 2.24) is 0 Å². The van der Waals surface area contributed by atoms with Gasteiger partial charge >= 0.3 is 5.97 Å². The normalized spacial score (nSPS) is 11.4. The Labute approximate surface area is 207 Å². The molecule has 0 aliphatic carbocycles. The second kappa shape index (κ2) is 16.3. The summed E-state index contributed by atoms with van der Waals surface area (Å²) in [5.74, 6) is 0.899. The first-order valence-electron chi connectivity index (χ1n) is 13.2. The van der Waals surface area contributed by atoms with E-state index in [1.54, 1.807) is 0 Å². The average molecular weight is 469 g/mol. The quantitative estimate of drug-likeness (QED) is 0.135. The van der Waals surface area contributed by atoms with E-state index in [-0.39, 0.29) is 5.97 Å². The smallest absolute Gasteiger partial charge is 0.311 e. The molecule has 0 aliphatic heterocycles. The van der Waals surface area contributed by atoms with Gasteiger partial charge < -0.3 is 14.0 Å². The lowest BCUT2D eigenvalue weighted by Crippen LogP contribution is -2.40. The van der Waals surface area contributed by atoms with E-state index in [9.17, 15) is 4.79 Å². The van der Waals surface area contributed by atoms with Gasteiger partial charge in [-0.25, -0.2) is 0 Å². The molecule has 34 heavy (non-hydrogen) atoms. The molecule has 0 N–H and O–H groups in total. The molecule has 0 heterocycles. The molecular formula is C30H46NO3+. The Morgan fingerprint density at radius 3 is 2.26 bits per heavy atom. The number of para-hydroxylation sites is 1. The summed E-state index contributed by atoms with van der Waals surface area (Å²) in [5.41, 5.74) is 2.59. The molecule has 0 fully saturated rings. The molecule has 2 rings (SSSR count). The summed E-state index contributed by atoms with van der Waals surface area (Å²) in [4.78, 5) is 12.2. The molecule has 0 saturated heterocycles. The van der Waals surface area contributed by atoms with E-state index in [4.69, 9.17) is 9.47 Å². The van der Waals surface area contributed by atoms with Gasteiger partial charge in [-0.15, -0.1) is 0 Å². The molecule has 0 aromatic heterocycles. The number of unbranched alkanes of at least 4 members (excludes halogenated alkanes) is 6. The Hall–Kier alpha value is -2.33. The van der Waals surface area contributed by atoms with Crippen molar-refractivity contribution in [2.24, 2.45) is 0 Å². The highest BCUT2D eigenvalue weighted by Crippen LogP contribution is 2.21. The van der Waals surface area contributed by atoms with Crippen LogP contribution in [0.2, 0.25) is 0 Å². The molecule has 2 aromatic carbocycles. The third-order valence-corrected chi connectivity index (χ3v) is 6.21. The summed E-state index contributed by atoms with van der Waals surface area (Å²) in [7, 11) is 4.31. The number of ether oxygens (including phenoxy) is 2. The molecule has 188 valence electrons. The highest BCUT2D eigenvalue weighted by atomic mass is 16.5. The fourth-order valence-electron chi connectivity index (χ4n) is 4.14. The van der Waals surface area contributed by atoms with Crippen molar-refractivity contribution in [3.05, 3.63) is 65.7 Å². The Morgan fingerprint density at radius 1 is 0.794 bits per heavy atom. The van der Waals surface area contributed by atoms with Crippen LogP contribution < -0.4 is 4.74 Å². The number of nitrogens with zero attached hydrogens (tertiary/aromatic N) is 1. The molecule has 0 amide bonds. The summed E-state index contributed by atoms with van der Waals surface area (Å²) in [5, 5.41) is 0. The minimum atomic E-state index is -0.107. The Bertz CT molecular complexity index is 804. The maximum absolute atomic E-state index is 12.2. The Balaban J connectivity index is 1.56. The molecule has 2 aromatic rings. The molecule has 0 spiro atoms. The molecular weight excluding hydrogens is 422 g/mol. The fourth-order valence-corrected chi connectivity index (χ4v) is 4.14. The highest BCUT2D eigenvalue weighted by Gasteiger charge is 2.18. The van der Waals surface area contributed by atoms with Crippen molar-refractivity contribution in [2.75, 3.05) is 33.9 Å². The number of carbonyl (C=O) groups excluding carboxylic acids is 1. The van der Waals surface area contributed by atoms with Crippen LogP contribution in [0.25, 0.3) is 0 Å². The zero-order valence-electron chi connectivity index (χ0n) is 21.8. The molecule has 0 atom stereocenters. The van der Waals surface area contributed by atoms with E-state index in [0.29, 0.717) is 19.6 Å². The lowest BCUT2D eigenvalue weighted by Gasteiger charge is -2.29. The van der Waals surface area contributed by atoms with E-state index in [1.807, 2.05) is 12.1 Å². The van der Waals surface area contributed by atoms with E-state index >= 15 is 0 Å². The molecule has 4 heteroatoms. The van der Waals surface area contributed by atoms with Crippen molar-refractivity contribution in [1.29, 1.82) is 0 Å². The third kappa shape index (κ3) is 12.2. The van der Waals surface area contributed by atoms with Crippen molar-refractivity contribution < 1.29 is 18.8 Å². The number of quaternary nitrogens is 1. The largest absolute Gasteiger partial charge is 0.493 e. The molecule has 0 radical (unpaired) electrons. The van der Waals surface area contributed by atoms with Crippen LogP contribution in [-0.4, -0.2) is 44.3 Å². The minimum absolute atomic E-state index is 0.107. The van der Waals surface area contributed by atoms with Gasteiger partial charge in [-0.1, -0.05) is 87.6 Å². The topological polar surface area (TPSA) is 35.5 Å². The Kier molecular flexibility index (Phi) is 13.4. The van der Waals surface area contributed by atoms with E-state index in [1.165, 1.54) is 49.7 Å². The second-order valence-corrected chi connectivity index (χ2v) is 9.95. The fraction of sp³-hybridized carbons (Fsp3) is 0.567. The zero-order chi connectivity index (χ0) is 24.5. The van der Waals surface area contributed by atoms with Crippen molar-refractivity contribution in [3.8, 4) is 5.75 Å². The van der Waals surface area contributed by atoms with Crippen LogP contribution in [0.5, 0.6) is 5.75 Å². The summed E-state index contributed by atoms with van der Waals surface area (Å²) in [6, 6.07) is 18.8. The van der Waals surface area contributed by atoms with Crippen LogP contribution in [0.4, 0.5) is 0 Å². The highest BCUT2D eigenvalue weighted by molar-refractivity contribution is 5.69. The van der Waals surface area contributed by atoms with Gasteiger partial charge in [0.25, 0.3) is 0 Å². The lowest BCUT2D eigenvalue weighted by molar-refractivity contribution is -0.903. The number of rotatable bonds is 18. The van der Waals surface area contributed by atoms with Crippen molar-refractivity contribution >= 4 is 5.97 Å². The predicted molar refractivity (Wildman–Crippen MR) is 141 cm³/mol. The number of hydrogen-bond acceptors (Lipinski definition) is 3. The van der Waals surface area contributed by atoms with Crippen LogP contribution in [0.15, 0.2) is 54.6 Å². The summed E-state index contributed by atoms with van der Waals surface area (Å²) >= 11 is 0. The van der Waals surface area contributed by atoms with Gasteiger partial charge in [-0.3, -0.25) is 4.79 Å². The van der Waals surface area contributed by atoms with Crippen LogP contribution >= 0.6 is 0 Å². The SMILES string of the molecule is CCCCCCCCc1ccccc1OCCCCOC(=O)CC[N+](C)(C)Cc1ccccc1. The summed E-state index contributed by atoms with van der Waals surface area (Å²) < 4.78 is 12.3. The summed E-state index contributed by atoms with van der Waals surface area (Å²) in [6.07, 6.45) is 11.1. The second-order valence-electron chi connectivity index (χ2n) is 9.95. The molecule has 4 nitrogen and oxygen atoms in total. The van der Waals surface area contributed by atoms with Crippen molar-refractivity contribution in [3.63, 3.8) is 0 Å². The van der Waals surface area contributed by atoms with Crippen LogP contribution in [0, 0.1) is 0 Å². The molecule has 0 bridgehead atoms. The number of esters is 1. The first-order valence-corrected chi connectivity index (χ1v) is 13.2. The standard InChI is InChI=1S/C30H46NO3/c1-4-5-6-7-8-12-19-28-20-13-14-21-29(28)33-24-15-16-25-34-30(32)22-23-31(2,3)26-27-17-10-9-11-18-27/h9-11,13-14,17-18,20-21H,4-8,12,15-16,19,22-26H2,1-3H3/q+1. The summed E-state index contributed by atoms with van der Waals surface area (Å²) in [6.45, 7) is 5.06. The third-order valence-electron chi connectivity index (χ3n) is 6.21. The maximum Gasteiger partial charge on any atom is 0.311 e. The number of aryl methyl sites for hydroxylation is 1. The van der Waals surface area contributed by atoms with E-state index in [0.717, 1.165) is 42.6 Å². The Morgan fingerprint density at radius 2 is 1.47 bits per heavy atom. The van der Waals surface area contributed by atoms with Gasteiger partial charge in [0.2, 0.25) is 0 Å². The molecule has 0 unspecified atom stereocenters. The van der Waals surface area contributed by atoms with Crippen LogP contribution in [0.1, 0.15) is 75.8 Å². The number of carbonyl (C=O) groups is 1. The van der Waals surface area contributed by atoms with E-state index < -0.39 is 0 Å². The van der Waals surface area contributed by atoms with Gasteiger partial charge in [0, 0.05) is 5.56 Å². The van der Waals surface area contributed by atoms with Gasteiger partial charge in [-0.05, 0) is 37.3 Å². The van der Waals surface area contributed by atoms with Gasteiger partial charge in [0.05, 0.1) is 40.3 Å². The maximum atomic E-state index is 12.2.